The van der Waals surface area contributed by atoms with Crippen molar-refractivity contribution in [1.29, 1.82) is 0 Å². The lowest BCUT2D eigenvalue weighted by molar-refractivity contribution is 0.747. The molecule has 6 heteroatoms. The minimum absolute atomic E-state index is 0.0408. The molecule has 3 rings (SSSR count). The normalized spacial score (nSPS) is 11.8. The van der Waals surface area contributed by atoms with Crippen molar-refractivity contribution in [3.63, 3.8) is 0 Å². The van der Waals surface area contributed by atoms with Gasteiger partial charge in [0.25, 0.3) is 5.56 Å². The van der Waals surface area contributed by atoms with Crippen LogP contribution in [0.2, 0.25) is 0 Å². The summed E-state index contributed by atoms with van der Waals surface area (Å²) in [5, 5.41) is 9.92. The summed E-state index contributed by atoms with van der Waals surface area (Å²) in [6.07, 6.45) is 0. The first-order valence-electron chi connectivity index (χ1n) is 6.55. The van der Waals surface area contributed by atoms with E-state index in [-0.39, 0.29) is 5.56 Å². The van der Waals surface area contributed by atoms with Gasteiger partial charge in [-0.15, -0.1) is 10.2 Å². The number of thioether (sulfide) groups is 1. The molecule has 2 heterocycles. The molecule has 0 aliphatic heterocycles. The van der Waals surface area contributed by atoms with Gasteiger partial charge < -0.3 is 0 Å². The third-order valence-corrected chi connectivity index (χ3v) is 4.50. The highest BCUT2D eigenvalue weighted by Crippen LogP contribution is 2.22. The van der Waals surface area contributed by atoms with Crippen LogP contribution in [0.25, 0.3) is 16.7 Å². The Balaban J connectivity index is 2.33. The molecule has 0 saturated heterocycles. The zero-order valence-corrected chi connectivity index (χ0v) is 12.5. The summed E-state index contributed by atoms with van der Waals surface area (Å²) in [7, 11) is 1.73. The van der Waals surface area contributed by atoms with Crippen molar-refractivity contribution >= 4 is 28.4 Å². The Morgan fingerprint density at radius 2 is 2.00 bits per heavy atom. The molecule has 0 spiro atoms. The zero-order valence-electron chi connectivity index (χ0n) is 11.7. The van der Waals surface area contributed by atoms with E-state index in [1.165, 1.54) is 0 Å². The molecule has 0 unspecified atom stereocenters. The van der Waals surface area contributed by atoms with E-state index in [1.807, 2.05) is 28.7 Å². The van der Waals surface area contributed by atoms with Crippen molar-refractivity contribution in [3.8, 4) is 0 Å². The molecule has 0 amide bonds. The van der Waals surface area contributed by atoms with Crippen LogP contribution in [0.4, 0.5) is 0 Å². The van der Waals surface area contributed by atoms with Crippen molar-refractivity contribution in [2.75, 3.05) is 5.75 Å². The van der Waals surface area contributed by atoms with Gasteiger partial charge in [-0.2, -0.15) is 0 Å². The average Bonchev–Trinajstić information content (AvgIpc) is 2.86. The van der Waals surface area contributed by atoms with Crippen LogP contribution in [-0.2, 0) is 7.05 Å². The molecular weight excluding hydrogens is 272 g/mol. The smallest absolute Gasteiger partial charge is 0.262 e. The Labute approximate surface area is 120 Å². The number of aryl methyl sites for hydroxylation is 1. The predicted molar refractivity (Wildman–Crippen MR) is 81.3 cm³/mol. The second-order valence-electron chi connectivity index (χ2n) is 5.20. The van der Waals surface area contributed by atoms with Gasteiger partial charge in [0, 0.05) is 12.8 Å². The first kappa shape index (κ1) is 13.2. The first-order valence-corrected chi connectivity index (χ1v) is 7.54. The van der Waals surface area contributed by atoms with Crippen molar-refractivity contribution in [2.45, 2.75) is 19.0 Å². The Morgan fingerprint density at radius 1 is 1.25 bits per heavy atom. The van der Waals surface area contributed by atoms with E-state index in [1.54, 1.807) is 23.4 Å². The van der Waals surface area contributed by atoms with Gasteiger partial charge in [0.05, 0.1) is 10.9 Å². The maximum absolute atomic E-state index is 12.3. The zero-order chi connectivity index (χ0) is 14.3. The topological polar surface area (TPSA) is 52.2 Å². The molecule has 104 valence electrons. The predicted octanol–water partition coefficient (Wildman–Crippen LogP) is 2.33. The number of para-hydroxylation sites is 1. The number of fused-ring (bicyclic) bond motifs is 3. The lowest BCUT2D eigenvalue weighted by Crippen LogP contribution is -2.20. The molecule has 1 aromatic carbocycles. The Bertz CT molecular complexity index is 834. The molecular formula is C14H16N4OS. The molecule has 2 aromatic heterocycles. The van der Waals surface area contributed by atoms with Crippen LogP contribution in [-0.4, -0.2) is 24.9 Å². The summed E-state index contributed by atoms with van der Waals surface area (Å²) in [5.74, 6) is 2.13. The second-order valence-corrected chi connectivity index (χ2v) is 6.19. The van der Waals surface area contributed by atoms with Crippen molar-refractivity contribution < 1.29 is 0 Å². The molecule has 0 N–H and O–H groups in total. The number of aromatic nitrogens is 4. The highest BCUT2D eigenvalue weighted by atomic mass is 32.2. The third-order valence-electron chi connectivity index (χ3n) is 3.14. The SMILES string of the molecule is CC(C)CSc1nnc2n(C)c(=O)c3ccccc3n12. The van der Waals surface area contributed by atoms with Crippen LogP contribution in [0, 0.1) is 5.92 Å². The van der Waals surface area contributed by atoms with Gasteiger partial charge in [-0.1, -0.05) is 37.7 Å². The van der Waals surface area contributed by atoms with Gasteiger partial charge in [-0.05, 0) is 18.1 Å². The van der Waals surface area contributed by atoms with Crippen LogP contribution in [0.1, 0.15) is 13.8 Å². The summed E-state index contributed by atoms with van der Waals surface area (Å²) in [6.45, 7) is 4.34. The fraction of sp³-hybridized carbons (Fsp3) is 0.357. The van der Waals surface area contributed by atoms with Crippen LogP contribution in [0.3, 0.4) is 0 Å². The molecule has 5 nitrogen and oxygen atoms in total. The molecule has 0 aliphatic rings. The van der Waals surface area contributed by atoms with Gasteiger partial charge in [-0.25, -0.2) is 0 Å². The number of benzene rings is 1. The van der Waals surface area contributed by atoms with Crippen molar-refractivity contribution in [3.05, 3.63) is 34.6 Å². The number of hydrogen-bond acceptors (Lipinski definition) is 4. The standard InChI is InChI=1S/C14H16N4OS/c1-9(2)8-20-14-16-15-13-17(3)12(19)10-6-4-5-7-11(10)18(13)14/h4-7,9H,8H2,1-3H3. The summed E-state index contributed by atoms with van der Waals surface area (Å²) in [4.78, 5) is 12.3. The van der Waals surface area contributed by atoms with E-state index >= 15 is 0 Å². The number of rotatable bonds is 3. The molecule has 0 bridgehead atoms. The monoisotopic (exact) mass is 288 g/mol. The molecule has 0 radical (unpaired) electrons. The van der Waals surface area contributed by atoms with E-state index in [2.05, 4.69) is 24.0 Å². The molecule has 0 fully saturated rings. The lowest BCUT2D eigenvalue weighted by atomic mass is 10.2. The highest BCUT2D eigenvalue weighted by Gasteiger charge is 2.14. The molecule has 0 aliphatic carbocycles. The number of hydrogen-bond donors (Lipinski definition) is 0. The maximum Gasteiger partial charge on any atom is 0.262 e. The Kier molecular flexibility index (Phi) is 3.25. The first-order chi connectivity index (χ1) is 9.59. The number of nitrogens with zero attached hydrogens (tertiary/aromatic N) is 4. The summed E-state index contributed by atoms with van der Waals surface area (Å²) in [5.41, 5.74) is 0.822. The van der Waals surface area contributed by atoms with Gasteiger partial charge in [0.2, 0.25) is 5.78 Å². The maximum atomic E-state index is 12.3. The van der Waals surface area contributed by atoms with Crippen molar-refractivity contribution in [2.24, 2.45) is 13.0 Å². The highest BCUT2D eigenvalue weighted by molar-refractivity contribution is 7.99. The van der Waals surface area contributed by atoms with Crippen LogP contribution >= 0.6 is 11.8 Å². The van der Waals surface area contributed by atoms with E-state index in [4.69, 9.17) is 0 Å². The van der Waals surface area contributed by atoms with E-state index in [0.717, 1.165) is 16.4 Å². The van der Waals surface area contributed by atoms with Crippen molar-refractivity contribution in [1.82, 2.24) is 19.2 Å². The van der Waals surface area contributed by atoms with Gasteiger partial charge in [-0.3, -0.25) is 13.8 Å². The largest absolute Gasteiger partial charge is 0.279 e. The fourth-order valence-electron chi connectivity index (χ4n) is 2.15. The molecule has 0 saturated carbocycles. The summed E-state index contributed by atoms with van der Waals surface area (Å²) >= 11 is 1.67. The molecule has 0 atom stereocenters. The quantitative estimate of drug-likeness (QED) is 0.694. The Hall–Kier alpha value is -1.82. The Morgan fingerprint density at radius 3 is 2.75 bits per heavy atom. The minimum atomic E-state index is -0.0408. The van der Waals surface area contributed by atoms with Crippen LogP contribution in [0.5, 0.6) is 0 Å². The van der Waals surface area contributed by atoms with Crippen LogP contribution < -0.4 is 5.56 Å². The second kappa shape index (κ2) is 4.94. The fourth-order valence-corrected chi connectivity index (χ4v) is 3.04. The average molecular weight is 288 g/mol. The van der Waals surface area contributed by atoms with E-state index in [9.17, 15) is 4.79 Å². The van der Waals surface area contributed by atoms with Gasteiger partial charge >= 0.3 is 0 Å². The van der Waals surface area contributed by atoms with Crippen LogP contribution in [0.15, 0.2) is 34.2 Å². The molecule has 3 aromatic rings. The summed E-state index contributed by atoms with van der Waals surface area (Å²) in [6, 6.07) is 7.58. The summed E-state index contributed by atoms with van der Waals surface area (Å²) < 4.78 is 3.51. The van der Waals surface area contributed by atoms with E-state index in [0.29, 0.717) is 17.1 Å². The minimum Gasteiger partial charge on any atom is -0.279 e. The van der Waals surface area contributed by atoms with Gasteiger partial charge in [0.15, 0.2) is 5.16 Å². The van der Waals surface area contributed by atoms with Gasteiger partial charge in [0.1, 0.15) is 0 Å². The van der Waals surface area contributed by atoms with E-state index < -0.39 is 0 Å². The lowest BCUT2D eigenvalue weighted by Gasteiger charge is -2.08. The molecule has 20 heavy (non-hydrogen) atoms. The third kappa shape index (κ3) is 2.00.